The zero-order chi connectivity index (χ0) is 20.5. The number of rotatable bonds is 5. The molecule has 1 fully saturated rings. The summed E-state index contributed by atoms with van der Waals surface area (Å²) in [5.41, 5.74) is 1.77. The lowest BCUT2D eigenvalue weighted by atomic mass is 9.98. The van der Waals surface area contributed by atoms with Crippen molar-refractivity contribution in [3.05, 3.63) is 40.8 Å². The SMILES string of the molecule is Cc1ccc(NC(=O)[C@H]2CCCN(S(=O)(=O)c3cn(C(C)C)cn3)C2)c(Br)c1. The van der Waals surface area contributed by atoms with Gasteiger partial charge in [-0.1, -0.05) is 6.07 Å². The Bertz CT molecular complexity index is 971. The number of halogens is 1. The molecule has 1 aromatic heterocycles. The number of hydrogen-bond acceptors (Lipinski definition) is 4. The smallest absolute Gasteiger partial charge is 0.262 e. The number of carbonyl (C=O) groups is 1. The Morgan fingerprint density at radius 3 is 2.75 bits per heavy atom. The lowest BCUT2D eigenvalue weighted by Crippen LogP contribution is -2.43. The third-order valence-corrected chi connectivity index (χ3v) is 7.32. The molecular formula is C19H25BrN4O3S. The molecule has 1 aliphatic rings. The van der Waals surface area contributed by atoms with Crippen molar-refractivity contribution in [1.82, 2.24) is 13.9 Å². The van der Waals surface area contributed by atoms with Crippen LogP contribution in [0.25, 0.3) is 0 Å². The Morgan fingerprint density at radius 2 is 2.11 bits per heavy atom. The maximum Gasteiger partial charge on any atom is 0.262 e. The van der Waals surface area contributed by atoms with Crippen LogP contribution in [0.3, 0.4) is 0 Å². The average molecular weight is 469 g/mol. The Hall–Kier alpha value is -1.71. The van der Waals surface area contributed by atoms with Crippen LogP contribution in [0.2, 0.25) is 0 Å². The Balaban J connectivity index is 1.72. The van der Waals surface area contributed by atoms with Crippen LogP contribution in [-0.4, -0.2) is 41.3 Å². The van der Waals surface area contributed by atoms with E-state index in [1.54, 1.807) is 10.8 Å². The molecule has 1 N–H and O–H groups in total. The maximum absolute atomic E-state index is 13.0. The second kappa shape index (κ2) is 8.34. The van der Waals surface area contributed by atoms with Crippen molar-refractivity contribution in [1.29, 1.82) is 0 Å². The number of nitrogens with one attached hydrogen (secondary N) is 1. The van der Waals surface area contributed by atoms with E-state index >= 15 is 0 Å². The van der Waals surface area contributed by atoms with Crippen LogP contribution >= 0.6 is 15.9 Å². The van der Waals surface area contributed by atoms with E-state index in [4.69, 9.17) is 0 Å². The van der Waals surface area contributed by atoms with Crippen LogP contribution in [0.4, 0.5) is 5.69 Å². The first-order valence-corrected chi connectivity index (χ1v) is 11.5. The van der Waals surface area contributed by atoms with Crippen LogP contribution in [-0.2, 0) is 14.8 Å². The standard InChI is InChI=1S/C19H25BrN4O3S/c1-13(2)23-11-18(21-12-23)28(26,27)24-8-4-5-15(10-24)19(25)22-17-7-6-14(3)9-16(17)20/h6-7,9,11-13,15H,4-5,8,10H2,1-3H3,(H,22,25)/t15-/m0/s1. The van der Waals surface area contributed by atoms with E-state index in [9.17, 15) is 13.2 Å². The summed E-state index contributed by atoms with van der Waals surface area (Å²) in [7, 11) is -3.72. The van der Waals surface area contributed by atoms with Gasteiger partial charge in [-0.05, 0) is 67.2 Å². The first-order valence-electron chi connectivity index (χ1n) is 9.29. The summed E-state index contributed by atoms with van der Waals surface area (Å²) in [6.45, 7) is 6.45. The third-order valence-electron chi connectivity index (χ3n) is 4.92. The number of aryl methyl sites for hydroxylation is 1. The minimum absolute atomic E-state index is 0.0311. The number of benzene rings is 1. The van der Waals surface area contributed by atoms with Gasteiger partial charge in [0.05, 0.1) is 17.9 Å². The lowest BCUT2D eigenvalue weighted by molar-refractivity contribution is -0.120. The fourth-order valence-corrected chi connectivity index (χ4v) is 5.23. The van der Waals surface area contributed by atoms with Crippen LogP contribution in [0.1, 0.15) is 38.3 Å². The highest BCUT2D eigenvalue weighted by Crippen LogP contribution is 2.27. The molecule has 1 atom stereocenters. The van der Waals surface area contributed by atoms with E-state index in [2.05, 4.69) is 26.2 Å². The zero-order valence-corrected chi connectivity index (χ0v) is 18.6. The van der Waals surface area contributed by atoms with E-state index in [1.165, 1.54) is 10.6 Å². The van der Waals surface area contributed by atoms with Gasteiger partial charge >= 0.3 is 0 Å². The zero-order valence-electron chi connectivity index (χ0n) is 16.2. The number of sulfonamides is 1. The van der Waals surface area contributed by atoms with E-state index in [1.807, 2.05) is 39.0 Å². The maximum atomic E-state index is 13.0. The van der Waals surface area contributed by atoms with Gasteiger partial charge in [0.1, 0.15) is 0 Å². The number of hydrogen-bond donors (Lipinski definition) is 1. The molecule has 1 amide bonds. The van der Waals surface area contributed by atoms with E-state index in [0.717, 1.165) is 10.0 Å². The Morgan fingerprint density at radius 1 is 1.36 bits per heavy atom. The topological polar surface area (TPSA) is 84.3 Å². The molecule has 0 aliphatic carbocycles. The van der Waals surface area contributed by atoms with Crippen molar-refractivity contribution in [2.24, 2.45) is 5.92 Å². The highest BCUT2D eigenvalue weighted by atomic mass is 79.9. The van der Waals surface area contributed by atoms with Gasteiger partial charge in [-0.25, -0.2) is 13.4 Å². The molecule has 152 valence electrons. The van der Waals surface area contributed by atoms with Gasteiger partial charge in [-0.15, -0.1) is 0 Å². The van der Waals surface area contributed by atoms with Gasteiger partial charge in [-0.2, -0.15) is 4.31 Å². The molecule has 7 nitrogen and oxygen atoms in total. The molecule has 3 rings (SSSR count). The summed E-state index contributed by atoms with van der Waals surface area (Å²) in [5, 5.41) is 2.94. The number of carbonyl (C=O) groups excluding carboxylic acids is 1. The van der Waals surface area contributed by atoms with Crippen molar-refractivity contribution in [2.75, 3.05) is 18.4 Å². The molecule has 0 saturated carbocycles. The third kappa shape index (κ3) is 4.47. The van der Waals surface area contributed by atoms with Gasteiger partial charge in [0, 0.05) is 29.8 Å². The van der Waals surface area contributed by atoms with Crippen LogP contribution in [0, 0.1) is 12.8 Å². The summed E-state index contributed by atoms with van der Waals surface area (Å²) in [6.07, 6.45) is 4.37. The summed E-state index contributed by atoms with van der Waals surface area (Å²) in [5.74, 6) is -0.568. The van der Waals surface area contributed by atoms with Crippen molar-refractivity contribution in [2.45, 2.75) is 44.7 Å². The molecule has 1 saturated heterocycles. The van der Waals surface area contributed by atoms with Gasteiger partial charge in [0.2, 0.25) is 5.91 Å². The molecule has 0 radical (unpaired) electrons. The molecule has 2 aromatic rings. The predicted molar refractivity (Wildman–Crippen MR) is 112 cm³/mol. The van der Waals surface area contributed by atoms with E-state index < -0.39 is 15.9 Å². The fraction of sp³-hybridized carbons (Fsp3) is 0.474. The lowest BCUT2D eigenvalue weighted by Gasteiger charge is -2.30. The van der Waals surface area contributed by atoms with E-state index in [0.29, 0.717) is 25.1 Å². The predicted octanol–water partition coefficient (Wildman–Crippen LogP) is 3.57. The number of imidazole rings is 1. The fourth-order valence-electron chi connectivity index (χ4n) is 3.20. The number of anilines is 1. The summed E-state index contributed by atoms with van der Waals surface area (Å²) in [6, 6.07) is 5.82. The minimum Gasteiger partial charge on any atom is -0.334 e. The number of amides is 1. The van der Waals surface area contributed by atoms with Crippen molar-refractivity contribution >= 4 is 37.5 Å². The highest BCUT2D eigenvalue weighted by molar-refractivity contribution is 9.10. The number of piperidine rings is 1. The largest absolute Gasteiger partial charge is 0.334 e. The quantitative estimate of drug-likeness (QED) is 0.726. The van der Waals surface area contributed by atoms with Crippen molar-refractivity contribution in [3.8, 4) is 0 Å². The highest BCUT2D eigenvalue weighted by Gasteiger charge is 2.34. The second-order valence-corrected chi connectivity index (χ2v) is 10.2. The molecule has 2 heterocycles. The molecule has 0 spiro atoms. The molecule has 1 aliphatic heterocycles. The van der Waals surface area contributed by atoms with Crippen molar-refractivity contribution in [3.63, 3.8) is 0 Å². The number of nitrogens with zero attached hydrogens (tertiary/aromatic N) is 3. The molecule has 0 bridgehead atoms. The molecule has 1 aromatic carbocycles. The molecule has 9 heteroatoms. The van der Waals surface area contributed by atoms with Gasteiger partial charge < -0.3 is 9.88 Å². The summed E-state index contributed by atoms with van der Waals surface area (Å²) in [4.78, 5) is 16.8. The molecular weight excluding hydrogens is 444 g/mol. The van der Waals surface area contributed by atoms with Crippen LogP contribution in [0.15, 0.2) is 40.2 Å². The minimum atomic E-state index is -3.72. The van der Waals surface area contributed by atoms with E-state index in [-0.39, 0.29) is 23.5 Å². The average Bonchev–Trinajstić information content (AvgIpc) is 3.15. The van der Waals surface area contributed by atoms with Gasteiger partial charge in [0.15, 0.2) is 5.03 Å². The van der Waals surface area contributed by atoms with Crippen LogP contribution < -0.4 is 5.32 Å². The normalized spacial score (nSPS) is 18.4. The van der Waals surface area contributed by atoms with Crippen molar-refractivity contribution < 1.29 is 13.2 Å². The monoisotopic (exact) mass is 468 g/mol. The second-order valence-electron chi connectivity index (χ2n) is 7.43. The first kappa shape index (κ1) is 21.0. The molecule has 0 unspecified atom stereocenters. The van der Waals surface area contributed by atoms with Gasteiger partial charge in [0.25, 0.3) is 10.0 Å². The summed E-state index contributed by atoms with van der Waals surface area (Å²) < 4.78 is 29.8. The molecule has 28 heavy (non-hydrogen) atoms. The van der Waals surface area contributed by atoms with Gasteiger partial charge in [-0.3, -0.25) is 4.79 Å². The summed E-state index contributed by atoms with van der Waals surface area (Å²) >= 11 is 3.46. The van der Waals surface area contributed by atoms with Crippen LogP contribution in [0.5, 0.6) is 0 Å². The Labute approximate surface area is 174 Å². The first-order chi connectivity index (χ1) is 13.2. The number of aromatic nitrogens is 2. The Kier molecular flexibility index (Phi) is 6.26.